The zero-order chi connectivity index (χ0) is 70.5. The van der Waals surface area contributed by atoms with Crippen LogP contribution in [0.4, 0.5) is 0 Å². The molecule has 0 amide bonds. The molecule has 11 rings (SSSR count). The van der Waals surface area contributed by atoms with E-state index in [4.69, 9.17) is 13.3 Å². The van der Waals surface area contributed by atoms with E-state index in [1.54, 1.807) is 109 Å². The van der Waals surface area contributed by atoms with Crippen LogP contribution in [0.25, 0.3) is 0 Å². The summed E-state index contributed by atoms with van der Waals surface area (Å²) in [6, 6.07) is 17.7. The molecule has 0 aliphatic rings. The van der Waals surface area contributed by atoms with Crippen LogP contribution in [0.1, 0.15) is 212 Å². The first-order valence-corrected chi connectivity index (χ1v) is 34.4. The molecule has 3 N–H and O–H groups in total. The van der Waals surface area contributed by atoms with E-state index in [-0.39, 0.29) is 0 Å². The maximum absolute atomic E-state index is 4.83. The van der Waals surface area contributed by atoms with E-state index in [1.165, 1.54) is 38.3 Å². The first-order valence-electron chi connectivity index (χ1n) is 31.0. The molecule has 0 saturated carbocycles. The first-order chi connectivity index (χ1) is 42.8. The zero-order valence-corrected chi connectivity index (χ0v) is 64.5. The lowest BCUT2D eigenvalue weighted by Gasteiger charge is -1.70. The second-order valence-electron chi connectivity index (χ2n) is 12.8. The Hall–Kier alpha value is -6.80. The number of aromatic nitrogens is 11. The maximum Gasteiger partial charge on any atom is 0.190 e. The van der Waals surface area contributed by atoms with Crippen LogP contribution < -0.4 is 0 Å². The Bertz CT molecular complexity index is 1850. The first kappa shape index (κ1) is 106. The largest absolute Gasteiger partial charge is 0.470 e. The predicted octanol–water partition coefficient (Wildman–Crippen LogP) is 25.0. The lowest BCUT2D eigenvalue weighted by molar-refractivity contribution is 0.397. The second kappa shape index (κ2) is 102. The van der Waals surface area contributed by atoms with Crippen LogP contribution in [0, 0.1) is 76.2 Å². The van der Waals surface area contributed by atoms with Gasteiger partial charge in [-0.05, 0) is 129 Å². The maximum atomic E-state index is 4.83. The molecule has 0 fully saturated rings. The predicted molar refractivity (Wildman–Crippen MR) is 394 cm³/mol. The third-order valence-corrected chi connectivity index (χ3v) is 9.57. The summed E-state index contributed by atoms with van der Waals surface area (Å²) in [5.74, 6) is 3.40. The Labute approximate surface area is 554 Å². The van der Waals surface area contributed by atoms with Crippen molar-refractivity contribution in [1.82, 2.24) is 54.6 Å². The van der Waals surface area contributed by atoms with Gasteiger partial charge in [0.25, 0.3) is 0 Å². The van der Waals surface area contributed by atoms with Crippen LogP contribution in [-0.4, -0.2) is 54.6 Å². The highest BCUT2D eigenvalue weighted by molar-refractivity contribution is 7.10. The fraction of sp³-hybridized carbons (Fsp3) is 0.478. The number of imidazole rings is 1. The molecule has 0 atom stereocenters. The zero-order valence-electron chi connectivity index (χ0n) is 61.3. The van der Waals surface area contributed by atoms with Gasteiger partial charge in [-0.1, -0.05) is 164 Å². The van der Waals surface area contributed by atoms with Crippen LogP contribution in [-0.2, 0) is 0 Å². The van der Waals surface area contributed by atoms with Crippen molar-refractivity contribution in [3.05, 3.63) is 212 Å². The molecular formula is C69H127N11O4S4. The van der Waals surface area contributed by atoms with Gasteiger partial charge < -0.3 is 27.7 Å². The quantitative estimate of drug-likeness (QED) is 0.130. The van der Waals surface area contributed by atoms with Crippen molar-refractivity contribution < 1.29 is 17.8 Å². The highest BCUT2D eigenvalue weighted by atomic mass is 32.1. The number of nitrogens with one attached hydrogen (secondary N) is 3. The molecular weight excluding hydrogens is 1180 g/mol. The van der Waals surface area contributed by atoms with Gasteiger partial charge in [-0.3, -0.25) is 15.1 Å². The summed E-state index contributed by atoms with van der Waals surface area (Å²) in [4.78, 5) is 28.8. The summed E-state index contributed by atoms with van der Waals surface area (Å²) in [5.41, 5.74) is 5.26. The number of aromatic amines is 3. The number of thiophene rings is 1. The Morgan fingerprint density at radius 3 is 1.15 bits per heavy atom. The molecule has 0 spiro atoms. The van der Waals surface area contributed by atoms with Crippen molar-refractivity contribution in [3.63, 3.8) is 0 Å². The molecule has 88 heavy (non-hydrogen) atoms. The van der Waals surface area contributed by atoms with Crippen LogP contribution in [0.3, 0.4) is 0 Å². The molecule has 11 heterocycles. The molecule has 0 aliphatic heterocycles. The number of hydrogen-bond donors (Lipinski definition) is 3. The SMILES string of the molecule is CC.CC.CC.CC.CC.CC.CC.CC.CC.CC.CC.Cc1ccc[nH]1.Cc1ccco1.Cc1cccs1.Cc1ccn[nH]1.Cc1ccno1.Cc1ccns1.Cc1cnc[nH]1.Cc1cnco1.Cc1cncs1.Cc1ncco1.Cc1nccs1. The van der Waals surface area contributed by atoms with Gasteiger partial charge in [-0.25, -0.2) is 19.3 Å². The fourth-order valence-corrected chi connectivity index (χ4v) is 5.29. The summed E-state index contributed by atoms with van der Waals surface area (Å²) in [5, 5.41) is 15.1. The normalized spacial score (nSPS) is 7.38. The standard InChI is InChI=1S/C5H7N.C5H6O.C5H6S.2C4H6N2.3C4H5NO.3C4H5NS.11C2H6/c3*1-5-3-2-4-6-5;1-4-2-5-3-6-4;1-4-2-3-5-6-4;1-4-2-5-3-6-4;1-4-5-2-3-6-4;1-4-2-3-5-6-4;1-4-2-5-3-6-4;1-4-5-2-3-6-4;1-4-2-3-5-6-4;11*1-2/h2-4,6H,1H3;2*2-4H,1H3;2*2-3H,1H3,(H,5,6);6*2-3H,1H3;11*1-2H3. The number of oxazole rings is 2. The van der Waals surface area contributed by atoms with Gasteiger partial charge >= 0.3 is 0 Å². The molecule has 0 aliphatic carbocycles. The van der Waals surface area contributed by atoms with Gasteiger partial charge in [0.1, 0.15) is 23.5 Å². The van der Waals surface area contributed by atoms with E-state index in [0.717, 1.165) is 39.6 Å². The van der Waals surface area contributed by atoms with E-state index in [1.807, 2.05) is 274 Å². The lowest BCUT2D eigenvalue weighted by atomic mass is 10.5. The minimum absolute atomic E-state index is 0.718. The molecule has 19 heteroatoms. The number of aryl methyl sites for hydroxylation is 11. The third-order valence-electron chi connectivity index (χ3n) is 6.71. The molecule has 0 unspecified atom stereocenters. The average Bonchev–Trinajstić information content (AvgIpc) is 4.40. The van der Waals surface area contributed by atoms with Crippen molar-refractivity contribution in [2.24, 2.45) is 0 Å². The van der Waals surface area contributed by atoms with E-state index >= 15 is 0 Å². The van der Waals surface area contributed by atoms with Crippen LogP contribution >= 0.6 is 45.5 Å². The Morgan fingerprint density at radius 2 is 1.02 bits per heavy atom. The number of hydrogen-bond acceptors (Lipinski definition) is 16. The number of rotatable bonds is 0. The molecule has 506 valence electrons. The molecule has 0 aromatic carbocycles. The fourth-order valence-electron chi connectivity index (χ4n) is 3.50. The van der Waals surface area contributed by atoms with Gasteiger partial charge in [0.2, 0.25) is 0 Å². The monoisotopic (exact) mass is 1300 g/mol. The van der Waals surface area contributed by atoms with Crippen molar-refractivity contribution >= 4 is 45.5 Å². The minimum Gasteiger partial charge on any atom is -0.470 e. The summed E-state index contributed by atoms with van der Waals surface area (Å²) in [7, 11) is 0. The topological polar surface area (TPSA) is 203 Å². The van der Waals surface area contributed by atoms with Gasteiger partial charge in [0.15, 0.2) is 12.3 Å². The van der Waals surface area contributed by atoms with Gasteiger partial charge in [-0.15, -0.1) is 34.0 Å². The Kier molecular flexibility index (Phi) is 123. The summed E-state index contributed by atoms with van der Waals surface area (Å²) in [6.07, 6.45) is 22.1. The van der Waals surface area contributed by atoms with Crippen LogP contribution in [0.5, 0.6) is 0 Å². The molecule has 15 nitrogen and oxygen atoms in total. The molecule has 0 radical (unpaired) electrons. The number of furan rings is 1. The van der Waals surface area contributed by atoms with Crippen molar-refractivity contribution in [1.29, 1.82) is 0 Å². The molecule has 0 saturated heterocycles. The highest BCUT2D eigenvalue weighted by Gasteiger charge is 1.81. The van der Waals surface area contributed by atoms with E-state index in [0.29, 0.717) is 0 Å². The van der Waals surface area contributed by atoms with Crippen molar-refractivity contribution in [2.45, 2.75) is 228 Å². The number of H-pyrrole nitrogens is 3. The summed E-state index contributed by atoms with van der Waals surface area (Å²) in [6.45, 7) is 65.6. The molecule has 11 aromatic heterocycles. The highest BCUT2D eigenvalue weighted by Crippen LogP contribution is 2.04. The Balaban J connectivity index is -0.0000000798. The lowest BCUT2D eigenvalue weighted by Crippen LogP contribution is -1.65. The van der Waals surface area contributed by atoms with Crippen molar-refractivity contribution in [2.75, 3.05) is 0 Å². The smallest absolute Gasteiger partial charge is 0.190 e. The average molecular weight is 1300 g/mol. The van der Waals surface area contributed by atoms with E-state index in [2.05, 4.69) is 83.6 Å². The summed E-state index contributed by atoms with van der Waals surface area (Å²) < 4.78 is 22.7. The Morgan fingerprint density at radius 1 is 0.398 bits per heavy atom. The molecule has 11 aromatic rings. The van der Waals surface area contributed by atoms with Crippen LogP contribution in [0.15, 0.2) is 170 Å². The van der Waals surface area contributed by atoms with Crippen LogP contribution in [0.2, 0.25) is 0 Å². The number of nitrogens with zero attached hydrogens (tertiary/aromatic N) is 8. The minimum atomic E-state index is 0.718. The second-order valence-corrected chi connectivity index (χ2v) is 17.2. The van der Waals surface area contributed by atoms with Gasteiger partial charge in [-0.2, -0.15) is 5.10 Å². The number of thiazole rings is 2. The van der Waals surface area contributed by atoms with E-state index < -0.39 is 0 Å². The van der Waals surface area contributed by atoms with E-state index in [9.17, 15) is 0 Å². The van der Waals surface area contributed by atoms with Gasteiger partial charge in [0, 0.05) is 87.3 Å². The third kappa shape index (κ3) is 98.3. The van der Waals surface area contributed by atoms with Crippen molar-refractivity contribution in [3.8, 4) is 0 Å². The molecule has 0 bridgehead atoms. The van der Waals surface area contributed by atoms with Gasteiger partial charge in [0.05, 0.1) is 41.7 Å². The summed E-state index contributed by atoms with van der Waals surface area (Å²) >= 11 is 6.64.